The largest absolute Gasteiger partial charge is 0.393 e. The van der Waals surface area contributed by atoms with Crippen molar-refractivity contribution < 1.29 is 13.2 Å². The van der Waals surface area contributed by atoms with Gasteiger partial charge in [0.05, 0.1) is 6.42 Å². The fraction of sp³-hybridized carbons (Fsp3) is 0.200. The van der Waals surface area contributed by atoms with Gasteiger partial charge in [-0.2, -0.15) is 13.2 Å². The number of hydrogen-bond acceptors (Lipinski definition) is 1. The van der Waals surface area contributed by atoms with Crippen molar-refractivity contribution in [2.45, 2.75) is 12.6 Å². The van der Waals surface area contributed by atoms with E-state index in [4.69, 9.17) is 0 Å². The first-order chi connectivity index (χ1) is 6.54. The molecular weight excluding hydrogens is 209 g/mol. The maximum Gasteiger partial charge on any atom is 0.393 e. The number of benzene rings is 1. The summed E-state index contributed by atoms with van der Waals surface area (Å²) in [4.78, 5) is 0. The Kier molecular flexibility index (Phi) is 2.23. The average molecular weight is 216 g/mol. The van der Waals surface area contributed by atoms with Crippen molar-refractivity contribution in [2.24, 2.45) is 0 Å². The molecule has 14 heavy (non-hydrogen) atoms. The smallest absolute Gasteiger partial charge is 0.171 e. The fourth-order valence-electron chi connectivity index (χ4n) is 1.36. The van der Waals surface area contributed by atoms with E-state index in [0.29, 0.717) is 5.56 Å². The molecule has 1 heterocycles. The van der Waals surface area contributed by atoms with Crippen LogP contribution in [0.25, 0.3) is 10.1 Å². The second-order valence-electron chi connectivity index (χ2n) is 3.08. The van der Waals surface area contributed by atoms with Crippen LogP contribution in [0.4, 0.5) is 13.2 Å². The van der Waals surface area contributed by atoms with Crippen LogP contribution in [0.3, 0.4) is 0 Å². The maximum atomic E-state index is 12.1. The van der Waals surface area contributed by atoms with Crippen LogP contribution in [0.5, 0.6) is 0 Å². The highest BCUT2D eigenvalue weighted by Crippen LogP contribution is 2.26. The fourth-order valence-corrected chi connectivity index (χ4v) is 2.13. The van der Waals surface area contributed by atoms with Crippen LogP contribution in [0, 0.1) is 0 Å². The molecule has 2 rings (SSSR count). The standard InChI is InChI=1S/C10H7F3S/c11-10(12,13)6-7-1-2-9-8(5-7)3-4-14-9/h1-5H,6H2. The molecule has 0 unspecified atom stereocenters. The third-order valence-corrected chi connectivity index (χ3v) is 2.82. The van der Waals surface area contributed by atoms with E-state index >= 15 is 0 Å². The van der Waals surface area contributed by atoms with Gasteiger partial charge in [-0.3, -0.25) is 0 Å². The topological polar surface area (TPSA) is 0 Å². The van der Waals surface area contributed by atoms with E-state index < -0.39 is 12.6 Å². The van der Waals surface area contributed by atoms with Gasteiger partial charge >= 0.3 is 6.18 Å². The summed E-state index contributed by atoms with van der Waals surface area (Å²) in [6.07, 6.45) is -4.97. The Hall–Kier alpha value is -1.03. The van der Waals surface area contributed by atoms with Crippen molar-refractivity contribution in [1.29, 1.82) is 0 Å². The van der Waals surface area contributed by atoms with Crippen LogP contribution >= 0.6 is 11.3 Å². The molecule has 0 bridgehead atoms. The lowest BCUT2D eigenvalue weighted by molar-refractivity contribution is -0.127. The molecule has 74 valence electrons. The zero-order valence-corrected chi connectivity index (χ0v) is 7.95. The van der Waals surface area contributed by atoms with Gasteiger partial charge in [-0.05, 0) is 34.5 Å². The second kappa shape index (κ2) is 3.28. The van der Waals surface area contributed by atoms with Crippen LogP contribution in [0.2, 0.25) is 0 Å². The normalized spacial score (nSPS) is 12.2. The molecule has 0 amide bonds. The predicted octanol–water partition coefficient (Wildman–Crippen LogP) is 4.01. The summed E-state index contributed by atoms with van der Waals surface area (Å²) in [5, 5.41) is 2.76. The second-order valence-corrected chi connectivity index (χ2v) is 4.03. The lowest BCUT2D eigenvalue weighted by Crippen LogP contribution is -2.11. The van der Waals surface area contributed by atoms with Gasteiger partial charge in [0.25, 0.3) is 0 Å². The van der Waals surface area contributed by atoms with Gasteiger partial charge in [-0.1, -0.05) is 6.07 Å². The van der Waals surface area contributed by atoms with Gasteiger partial charge in [-0.15, -0.1) is 11.3 Å². The SMILES string of the molecule is FC(F)(F)Cc1ccc2sccc2c1. The molecule has 0 N–H and O–H groups in total. The molecule has 4 heteroatoms. The minimum absolute atomic E-state index is 0.323. The number of hydrogen-bond donors (Lipinski definition) is 0. The van der Waals surface area contributed by atoms with Gasteiger partial charge in [0.2, 0.25) is 0 Å². The van der Waals surface area contributed by atoms with Crippen molar-refractivity contribution in [1.82, 2.24) is 0 Å². The van der Waals surface area contributed by atoms with E-state index in [1.165, 1.54) is 17.4 Å². The minimum atomic E-state index is -4.12. The molecule has 1 aromatic heterocycles. The first kappa shape index (κ1) is 9.52. The van der Waals surface area contributed by atoms with Gasteiger partial charge in [0.1, 0.15) is 0 Å². The van der Waals surface area contributed by atoms with Crippen molar-refractivity contribution >= 4 is 21.4 Å². The average Bonchev–Trinajstić information content (AvgIpc) is 2.47. The van der Waals surface area contributed by atoms with E-state index in [1.54, 1.807) is 12.1 Å². The van der Waals surface area contributed by atoms with Crippen molar-refractivity contribution in [2.75, 3.05) is 0 Å². The molecular formula is C10H7F3S. The monoisotopic (exact) mass is 216 g/mol. The Morgan fingerprint density at radius 2 is 1.93 bits per heavy atom. The van der Waals surface area contributed by atoms with E-state index in [9.17, 15) is 13.2 Å². The van der Waals surface area contributed by atoms with Gasteiger partial charge in [-0.25, -0.2) is 0 Å². The molecule has 0 nitrogen and oxygen atoms in total. The molecule has 0 atom stereocenters. The Morgan fingerprint density at radius 3 is 2.64 bits per heavy atom. The Balaban J connectivity index is 2.35. The highest BCUT2D eigenvalue weighted by Gasteiger charge is 2.27. The van der Waals surface area contributed by atoms with E-state index in [0.717, 1.165) is 10.1 Å². The highest BCUT2D eigenvalue weighted by atomic mass is 32.1. The van der Waals surface area contributed by atoms with Crippen LogP contribution in [-0.2, 0) is 6.42 Å². The van der Waals surface area contributed by atoms with Crippen molar-refractivity contribution in [3.63, 3.8) is 0 Å². The zero-order chi connectivity index (χ0) is 10.2. The molecule has 0 saturated heterocycles. The van der Waals surface area contributed by atoms with Gasteiger partial charge in [0.15, 0.2) is 0 Å². The quantitative estimate of drug-likeness (QED) is 0.675. The van der Waals surface area contributed by atoms with Crippen LogP contribution in [0.15, 0.2) is 29.6 Å². The summed E-state index contributed by atoms with van der Waals surface area (Å²) in [6, 6.07) is 6.70. The summed E-state index contributed by atoms with van der Waals surface area (Å²) in [5.41, 5.74) is 0.323. The summed E-state index contributed by atoms with van der Waals surface area (Å²) in [6.45, 7) is 0. The number of halogens is 3. The van der Waals surface area contributed by atoms with Crippen LogP contribution in [0.1, 0.15) is 5.56 Å². The summed E-state index contributed by atoms with van der Waals surface area (Å²) in [7, 11) is 0. The number of rotatable bonds is 1. The van der Waals surface area contributed by atoms with Crippen LogP contribution < -0.4 is 0 Å². The van der Waals surface area contributed by atoms with Gasteiger partial charge < -0.3 is 0 Å². The van der Waals surface area contributed by atoms with E-state index in [-0.39, 0.29) is 0 Å². The van der Waals surface area contributed by atoms with Gasteiger partial charge in [0, 0.05) is 4.70 Å². The summed E-state index contributed by atoms with van der Waals surface area (Å²) >= 11 is 1.53. The molecule has 0 radical (unpaired) electrons. The Bertz CT molecular complexity index is 442. The third kappa shape index (κ3) is 2.07. The molecule has 0 aliphatic rings. The first-order valence-corrected chi connectivity index (χ1v) is 4.95. The predicted molar refractivity (Wildman–Crippen MR) is 51.6 cm³/mol. The zero-order valence-electron chi connectivity index (χ0n) is 7.14. The maximum absolute atomic E-state index is 12.1. The van der Waals surface area contributed by atoms with Crippen LogP contribution in [-0.4, -0.2) is 6.18 Å². The third-order valence-electron chi connectivity index (χ3n) is 1.92. The molecule has 0 saturated carbocycles. The summed E-state index contributed by atoms with van der Waals surface area (Å²) < 4.78 is 37.2. The molecule has 2 aromatic rings. The highest BCUT2D eigenvalue weighted by molar-refractivity contribution is 7.17. The number of thiophene rings is 1. The molecule has 0 fully saturated rings. The van der Waals surface area contributed by atoms with E-state index in [1.807, 2.05) is 11.4 Å². The molecule has 0 aliphatic heterocycles. The molecule has 1 aromatic carbocycles. The Morgan fingerprint density at radius 1 is 1.14 bits per heavy atom. The first-order valence-electron chi connectivity index (χ1n) is 4.07. The lowest BCUT2D eigenvalue weighted by Gasteiger charge is -2.05. The number of alkyl halides is 3. The molecule has 0 spiro atoms. The number of fused-ring (bicyclic) bond motifs is 1. The minimum Gasteiger partial charge on any atom is -0.171 e. The van der Waals surface area contributed by atoms with Crippen molar-refractivity contribution in [3.05, 3.63) is 35.2 Å². The van der Waals surface area contributed by atoms with Crippen molar-refractivity contribution in [3.8, 4) is 0 Å². The van der Waals surface area contributed by atoms with E-state index in [2.05, 4.69) is 0 Å². The Labute approximate surface area is 83.0 Å². The molecule has 0 aliphatic carbocycles. The lowest BCUT2D eigenvalue weighted by atomic mass is 10.1. The summed E-state index contributed by atoms with van der Waals surface area (Å²) in [5.74, 6) is 0.